The highest BCUT2D eigenvalue weighted by molar-refractivity contribution is 7.89. The number of aromatic nitrogens is 1. The van der Waals surface area contributed by atoms with Crippen LogP contribution in [0.2, 0.25) is 0 Å². The molecule has 0 aliphatic carbocycles. The monoisotopic (exact) mass is 295 g/mol. The lowest BCUT2D eigenvalue weighted by atomic mass is 10.0. The van der Waals surface area contributed by atoms with Crippen LogP contribution in [0.4, 0.5) is 0 Å². The molecule has 5 nitrogen and oxygen atoms in total. The summed E-state index contributed by atoms with van der Waals surface area (Å²) in [5.41, 5.74) is 1.09. The molecule has 1 aromatic heterocycles. The van der Waals surface area contributed by atoms with Gasteiger partial charge in [-0.2, -0.15) is 0 Å². The largest absolute Gasteiger partial charge is 0.297 e. The Hall–Kier alpha value is -0.980. The normalized spacial score (nSPS) is 27.9. The van der Waals surface area contributed by atoms with Gasteiger partial charge in [0.2, 0.25) is 10.0 Å². The van der Waals surface area contributed by atoms with Crippen molar-refractivity contribution in [3.8, 4) is 0 Å². The zero-order valence-electron chi connectivity index (χ0n) is 11.8. The van der Waals surface area contributed by atoms with E-state index in [4.69, 9.17) is 0 Å². The number of nitrogens with zero attached hydrogens (tertiary/aromatic N) is 3. The van der Waals surface area contributed by atoms with Crippen LogP contribution >= 0.6 is 0 Å². The lowest BCUT2D eigenvalue weighted by Crippen LogP contribution is -2.34. The molecule has 0 unspecified atom stereocenters. The van der Waals surface area contributed by atoms with Crippen molar-refractivity contribution in [1.29, 1.82) is 0 Å². The second kappa shape index (κ2) is 5.42. The first kappa shape index (κ1) is 14.0. The van der Waals surface area contributed by atoms with E-state index in [1.54, 1.807) is 11.2 Å². The maximum Gasteiger partial charge on any atom is 0.213 e. The van der Waals surface area contributed by atoms with Crippen LogP contribution in [-0.2, 0) is 16.6 Å². The standard InChI is InChI=1S/C14H21N3O2S/c1-2-20(18,19)17-9-12-7-16(8-13(12)10-17)11-14-5-3-4-6-15-14/h3-6,12-13H,2,7-11H2,1H3/t12-,13+. The maximum atomic E-state index is 11.9. The molecule has 3 rings (SSSR count). The van der Waals surface area contributed by atoms with Crippen molar-refractivity contribution in [3.05, 3.63) is 30.1 Å². The van der Waals surface area contributed by atoms with Crippen LogP contribution < -0.4 is 0 Å². The predicted molar refractivity (Wildman–Crippen MR) is 77.5 cm³/mol. The van der Waals surface area contributed by atoms with Gasteiger partial charge in [0.15, 0.2) is 0 Å². The van der Waals surface area contributed by atoms with E-state index >= 15 is 0 Å². The van der Waals surface area contributed by atoms with Crippen molar-refractivity contribution >= 4 is 10.0 Å². The Labute approximate surface area is 120 Å². The molecule has 0 bridgehead atoms. The number of hydrogen-bond acceptors (Lipinski definition) is 4. The molecule has 20 heavy (non-hydrogen) atoms. The minimum atomic E-state index is -3.01. The van der Waals surface area contributed by atoms with Gasteiger partial charge in [0.05, 0.1) is 11.4 Å². The van der Waals surface area contributed by atoms with E-state index in [-0.39, 0.29) is 5.75 Å². The van der Waals surface area contributed by atoms with E-state index in [2.05, 4.69) is 9.88 Å². The Kier molecular flexibility index (Phi) is 3.79. The Bertz CT molecular complexity index is 547. The second-order valence-electron chi connectivity index (χ2n) is 5.75. The van der Waals surface area contributed by atoms with Crippen LogP contribution in [0.3, 0.4) is 0 Å². The van der Waals surface area contributed by atoms with E-state index in [1.807, 2.05) is 24.4 Å². The molecule has 110 valence electrons. The van der Waals surface area contributed by atoms with Crippen molar-refractivity contribution in [3.63, 3.8) is 0 Å². The molecule has 1 aromatic rings. The van der Waals surface area contributed by atoms with Crippen LogP contribution in [0, 0.1) is 11.8 Å². The third-order valence-corrected chi connectivity index (χ3v) is 6.21. The fourth-order valence-corrected chi connectivity index (χ4v) is 4.51. The molecular weight excluding hydrogens is 274 g/mol. The summed E-state index contributed by atoms with van der Waals surface area (Å²) in [5.74, 6) is 1.18. The Balaban J connectivity index is 1.59. The van der Waals surface area contributed by atoms with Crippen molar-refractivity contribution in [2.75, 3.05) is 31.9 Å². The van der Waals surface area contributed by atoms with E-state index in [0.717, 1.165) is 25.3 Å². The summed E-state index contributed by atoms with van der Waals surface area (Å²) < 4.78 is 25.5. The average molecular weight is 295 g/mol. The summed E-state index contributed by atoms with van der Waals surface area (Å²) in [6.07, 6.45) is 1.82. The molecule has 0 amide bonds. The number of fused-ring (bicyclic) bond motifs is 1. The molecule has 2 atom stereocenters. The Morgan fingerprint density at radius 3 is 2.45 bits per heavy atom. The highest BCUT2D eigenvalue weighted by atomic mass is 32.2. The Morgan fingerprint density at radius 2 is 1.90 bits per heavy atom. The molecule has 0 spiro atoms. The zero-order valence-corrected chi connectivity index (χ0v) is 12.6. The molecule has 2 aliphatic heterocycles. The SMILES string of the molecule is CCS(=O)(=O)N1C[C@H]2CN(Cc3ccccn3)C[C@H]2C1. The van der Waals surface area contributed by atoms with E-state index in [9.17, 15) is 8.42 Å². The number of sulfonamides is 1. The van der Waals surface area contributed by atoms with Gasteiger partial charge >= 0.3 is 0 Å². The summed E-state index contributed by atoms with van der Waals surface area (Å²) in [4.78, 5) is 6.75. The highest BCUT2D eigenvalue weighted by Crippen LogP contribution is 2.33. The van der Waals surface area contributed by atoms with Crippen LogP contribution in [0.15, 0.2) is 24.4 Å². The van der Waals surface area contributed by atoms with E-state index in [0.29, 0.717) is 24.9 Å². The van der Waals surface area contributed by atoms with Gasteiger partial charge < -0.3 is 0 Å². The molecule has 0 radical (unpaired) electrons. The first-order valence-electron chi connectivity index (χ1n) is 7.18. The number of hydrogen-bond donors (Lipinski definition) is 0. The van der Waals surface area contributed by atoms with Gasteiger partial charge in [0, 0.05) is 38.9 Å². The van der Waals surface area contributed by atoms with Crippen LogP contribution in [0.25, 0.3) is 0 Å². The van der Waals surface area contributed by atoms with Gasteiger partial charge in [-0.25, -0.2) is 12.7 Å². The molecule has 0 N–H and O–H groups in total. The maximum absolute atomic E-state index is 11.9. The first-order valence-corrected chi connectivity index (χ1v) is 8.79. The highest BCUT2D eigenvalue weighted by Gasteiger charge is 2.43. The fraction of sp³-hybridized carbons (Fsp3) is 0.643. The van der Waals surface area contributed by atoms with Crippen molar-refractivity contribution in [1.82, 2.24) is 14.2 Å². The number of likely N-dealkylation sites (tertiary alicyclic amines) is 1. The first-order chi connectivity index (χ1) is 9.58. The molecule has 6 heteroatoms. The summed E-state index contributed by atoms with van der Waals surface area (Å²) in [7, 11) is -3.01. The van der Waals surface area contributed by atoms with Crippen LogP contribution in [-0.4, -0.2) is 54.5 Å². The van der Waals surface area contributed by atoms with Crippen molar-refractivity contribution in [2.45, 2.75) is 13.5 Å². The average Bonchev–Trinajstić information content (AvgIpc) is 2.98. The zero-order chi connectivity index (χ0) is 14.2. The van der Waals surface area contributed by atoms with Gasteiger partial charge in [-0.3, -0.25) is 9.88 Å². The lowest BCUT2D eigenvalue weighted by Gasteiger charge is -2.20. The summed E-state index contributed by atoms with van der Waals surface area (Å²) in [6.45, 7) is 5.94. The molecule has 3 heterocycles. The summed E-state index contributed by atoms with van der Waals surface area (Å²) in [6, 6.07) is 5.98. The Morgan fingerprint density at radius 1 is 1.20 bits per heavy atom. The predicted octanol–water partition coefficient (Wildman–Crippen LogP) is 0.795. The fourth-order valence-electron chi connectivity index (χ4n) is 3.31. The molecule has 0 saturated carbocycles. The van der Waals surface area contributed by atoms with Gasteiger partial charge in [-0.1, -0.05) is 6.07 Å². The van der Waals surface area contributed by atoms with Gasteiger partial charge in [-0.15, -0.1) is 0 Å². The van der Waals surface area contributed by atoms with Gasteiger partial charge in [0.25, 0.3) is 0 Å². The van der Waals surface area contributed by atoms with Crippen molar-refractivity contribution in [2.24, 2.45) is 11.8 Å². The quantitative estimate of drug-likeness (QED) is 0.824. The topological polar surface area (TPSA) is 53.5 Å². The van der Waals surface area contributed by atoms with E-state index in [1.165, 1.54) is 0 Å². The van der Waals surface area contributed by atoms with Gasteiger partial charge in [-0.05, 0) is 30.9 Å². The smallest absolute Gasteiger partial charge is 0.213 e. The summed E-state index contributed by atoms with van der Waals surface area (Å²) >= 11 is 0. The van der Waals surface area contributed by atoms with E-state index < -0.39 is 10.0 Å². The molecular formula is C14H21N3O2S. The molecule has 0 aromatic carbocycles. The third-order valence-electron chi connectivity index (χ3n) is 4.40. The number of pyridine rings is 1. The lowest BCUT2D eigenvalue weighted by molar-refractivity contribution is 0.287. The van der Waals surface area contributed by atoms with Crippen LogP contribution in [0.1, 0.15) is 12.6 Å². The molecule has 2 fully saturated rings. The molecule has 2 saturated heterocycles. The summed E-state index contributed by atoms with van der Waals surface area (Å²) in [5, 5.41) is 0. The number of rotatable bonds is 4. The minimum absolute atomic E-state index is 0.212. The van der Waals surface area contributed by atoms with Gasteiger partial charge in [0.1, 0.15) is 0 Å². The van der Waals surface area contributed by atoms with Crippen molar-refractivity contribution < 1.29 is 8.42 Å². The minimum Gasteiger partial charge on any atom is -0.297 e. The van der Waals surface area contributed by atoms with Crippen LogP contribution in [0.5, 0.6) is 0 Å². The second-order valence-corrected chi connectivity index (χ2v) is 8.01. The third kappa shape index (κ3) is 2.73. The molecule has 2 aliphatic rings.